The van der Waals surface area contributed by atoms with Gasteiger partial charge in [-0.05, 0) is 13.5 Å². The van der Waals surface area contributed by atoms with Crippen LogP contribution in [-0.2, 0) is 14.0 Å². The third-order valence-corrected chi connectivity index (χ3v) is 6.84. The van der Waals surface area contributed by atoms with Crippen molar-refractivity contribution >= 4 is 20.5 Å². The second-order valence-corrected chi connectivity index (χ2v) is 7.48. The fourth-order valence-electron chi connectivity index (χ4n) is 1.63. The van der Waals surface area contributed by atoms with Crippen molar-refractivity contribution in [3.63, 3.8) is 0 Å². The van der Waals surface area contributed by atoms with Gasteiger partial charge in [0, 0.05) is 33.5 Å². The Balaban J connectivity index is 5.13. The highest BCUT2D eigenvalue weighted by Gasteiger charge is 2.44. The Hall–Kier alpha value is -0.883. The predicted octanol–water partition coefficient (Wildman–Crippen LogP) is 1.33. The average Bonchev–Trinajstić information content (AvgIpc) is 2.34. The lowest BCUT2D eigenvalue weighted by atomic mass is 10.5. The summed E-state index contributed by atoms with van der Waals surface area (Å²) in [6.45, 7) is 7.85. The number of hydrogen-bond donors (Lipinski definition) is 0. The van der Waals surface area contributed by atoms with Crippen molar-refractivity contribution in [1.82, 2.24) is 9.13 Å². The number of carbonyl (C=O) groups is 2. The molecule has 0 spiro atoms. The molecule has 0 aliphatic heterocycles. The molecule has 0 saturated heterocycles. The molecule has 17 heavy (non-hydrogen) atoms. The Labute approximate surface area is 105 Å². The molecule has 2 amide bonds. The standard InChI is InChI=1S/C11H24N2O3Si/c1-7-10(14)12(4)17(6,16-9-3)13(5)11(15)8-2/h7-9H2,1-6H3. The third-order valence-electron chi connectivity index (χ3n) is 3.02. The van der Waals surface area contributed by atoms with E-state index in [0.29, 0.717) is 19.4 Å². The molecule has 0 unspecified atom stereocenters. The van der Waals surface area contributed by atoms with E-state index in [4.69, 9.17) is 4.43 Å². The van der Waals surface area contributed by atoms with Gasteiger partial charge >= 0.3 is 8.64 Å². The number of nitrogens with zero attached hydrogens (tertiary/aromatic N) is 2. The molecular formula is C11H24N2O3Si. The van der Waals surface area contributed by atoms with E-state index in [-0.39, 0.29) is 11.8 Å². The summed E-state index contributed by atoms with van der Waals surface area (Å²) in [5.41, 5.74) is 0. The largest absolute Gasteiger partial charge is 0.419 e. The van der Waals surface area contributed by atoms with E-state index in [1.54, 1.807) is 37.1 Å². The molecule has 0 aliphatic rings. The SMILES string of the molecule is CCO[Si](C)(N(C)C(=O)CC)N(C)C(=O)CC. The van der Waals surface area contributed by atoms with Crippen LogP contribution in [0.2, 0.25) is 6.55 Å². The number of hydrogen-bond acceptors (Lipinski definition) is 3. The Morgan fingerprint density at radius 1 is 1.00 bits per heavy atom. The molecule has 5 nitrogen and oxygen atoms in total. The normalized spacial score (nSPS) is 11.2. The quantitative estimate of drug-likeness (QED) is 0.677. The molecule has 0 saturated carbocycles. The molecule has 0 radical (unpaired) electrons. The second-order valence-electron chi connectivity index (χ2n) is 3.98. The number of amides is 2. The first-order valence-corrected chi connectivity index (χ1v) is 8.32. The van der Waals surface area contributed by atoms with E-state index in [1.165, 1.54) is 0 Å². The van der Waals surface area contributed by atoms with Crippen LogP contribution in [0.5, 0.6) is 0 Å². The molecule has 0 aromatic carbocycles. The summed E-state index contributed by atoms with van der Waals surface area (Å²) in [7, 11) is 0.774. The van der Waals surface area contributed by atoms with Gasteiger partial charge in [-0.15, -0.1) is 0 Å². The molecule has 6 heteroatoms. The maximum Gasteiger partial charge on any atom is 0.419 e. The summed E-state index contributed by atoms with van der Waals surface area (Å²) in [6.07, 6.45) is 0.834. The highest BCUT2D eigenvalue weighted by atomic mass is 28.4. The third kappa shape index (κ3) is 3.54. The van der Waals surface area contributed by atoms with Gasteiger partial charge in [0.1, 0.15) is 0 Å². The van der Waals surface area contributed by atoms with Crippen molar-refractivity contribution in [3.05, 3.63) is 0 Å². The fourth-order valence-corrected chi connectivity index (χ4v) is 4.26. The molecule has 0 heterocycles. The Kier molecular flexibility index (Phi) is 6.40. The first-order valence-electron chi connectivity index (χ1n) is 6.02. The van der Waals surface area contributed by atoms with Crippen molar-refractivity contribution in [2.24, 2.45) is 0 Å². The predicted molar refractivity (Wildman–Crippen MR) is 69.4 cm³/mol. The summed E-state index contributed by atoms with van der Waals surface area (Å²) < 4.78 is 8.98. The molecule has 0 aromatic rings. The minimum atomic E-state index is -2.66. The first kappa shape index (κ1) is 16.1. The van der Waals surface area contributed by atoms with Gasteiger partial charge in [0.25, 0.3) is 0 Å². The smallest absolute Gasteiger partial charge is 0.383 e. The Morgan fingerprint density at radius 2 is 1.35 bits per heavy atom. The van der Waals surface area contributed by atoms with Gasteiger partial charge in [0.15, 0.2) is 0 Å². The van der Waals surface area contributed by atoms with Crippen LogP contribution in [0.1, 0.15) is 33.6 Å². The zero-order valence-corrected chi connectivity index (χ0v) is 12.7. The zero-order chi connectivity index (χ0) is 13.6. The van der Waals surface area contributed by atoms with Gasteiger partial charge < -0.3 is 13.6 Å². The fraction of sp³-hybridized carbons (Fsp3) is 0.818. The number of carbonyl (C=O) groups excluding carboxylic acids is 2. The molecular weight excluding hydrogens is 236 g/mol. The molecule has 0 aromatic heterocycles. The van der Waals surface area contributed by atoms with Crippen LogP contribution in [0.3, 0.4) is 0 Å². The van der Waals surface area contributed by atoms with Crippen LogP contribution < -0.4 is 0 Å². The lowest BCUT2D eigenvalue weighted by molar-refractivity contribution is -0.129. The molecule has 0 atom stereocenters. The van der Waals surface area contributed by atoms with Crippen molar-refractivity contribution in [2.45, 2.75) is 40.2 Å². The number of rotatable bonds is 6. The van der Waals surface area contributed by atoms with E-state index in [9.17, 15) is 9.59 Å². The van der Waals surface area contributed by atoms with Gasteiger partial charge in [-0.2, -0.15) is 0 Å². The lowest BCUT2D eigenvalue weighted by Gasteiger charge is -2.41. The molecule has 0 N–H and O–H groups in total. The van der Waals surface area contributed by atoms with Crippen molar-refractivity contribution in [1.29, 1.82) is 0 Å². The maximum atomic E-state index is 11.8. The van der Waals surface area contributed by atoms with E-state index >= 15 is 0 Å². The summed E-state index contributed by atoms with van der Waals surface area (Å²) >= 11 is 0. The zero-order valence-electron chi connectivity index (χ0n) is 11.7. The molecule has 0 fully saturated rings. The summed E-state index contributed by atoms with van der Waals surface area (Å²) in [5, 5.41) is 0. The van der Waals surface area contributed by atoms with Crippen LogP contribution in [0.25, 0.3) is 0 Å². The lowest BCUT2D eigenvalue weighted by Crippen LogP contribution is -2.66. The van der Waals surface area contributed by atoms with Gasteiger partial charge in [-0.3, -0.25) is 9.59 Å². The molecule has 100 valence electrons. The van der Waals surface area contributed by atoms with Gasteiger partial charge in [0.2, 0.25) is 11.8 Å². The summed E-state index contributed by atoms with van der Waals surface area (Å²) in [5.74, 6) is 0.00624. The van der Waals surface area contributed by atoms with E-state index in [2.05, 4.69) is 0 Å². The monoisotopic (exact) mass is 260 g/mol. The Bertz CT molecular complexity index is 262. The van der Waals surface area contributed by atoms with Crippen molar-refractivity contribution in [3.8, 4) is 0 Å². The van der Waals surface area contributed by atoms with Crippen LogP contribution in [-0.4, -0.2) is 50.3 Å². The highest BCUT2D eigenvalue weighted by molar-refractivity contribution is 6.71. The highest BCUT2D eigenvalue weighted by Crippen LogP contribution is 2.16. The van der Waals surface area contributed by atoms with Crippen molar-refractivity contribution < 1.29 is 14.0 Å². The minimum absolute atomic E-state index is 0.00312. The average molecular weight is 260 g/mol. The van der Waals surface area contributed by atoms with E-state index in [1.807, 2.05) is 13.5 Å². The maximum absolute atomic E-state index is 11.8. The molecule has 0 aliphatic carbocycles. The molecule has 0 bridgehead atoms. The van der Waals surface area contributed by atoms with Gasteiger partial charge in [0.05, 0.1) is 0 Å². The molecule has 0 rings (SSSR count). The summed E-state index contributed by atoms with van der Waals surface area (Å²) in [4.78, 5) is 23.6. The van der Waals surface area contributed by atoms with Crippen LogP contribution in [0, 0.1) is 0 Å². The first-order chi connectivity index (χ1) is 7.84. The van der Waals surface area contributed by atoms with Crippen LogP contribution >= 0.6 is 0 Å². The second kappa shape index (κ2) is 6.76. The topological polar surface area (TPSA) is 49.9 Å². The van der Waals surface area contributed by atoms with Crippen LogP contribution in [0.15, 0.2) is 0 Å². The summed E-state index contributed by atoms with van der Waals surface area (Å²) in [6, 6.07) is 0. The van der Waals surface area contributed by atoms with Crippen LogP contribution in [0.4, 0.5) is 0 Å². The minimum Gasteiger partial charge on any atom is -0.383 e. The van der Waals surface area contributed by atoms with E-state index < -0.39 is 8.64 Å². The van der Waals surface area contributed by atoms with E-state index in [0.717, 1.165) is 0 Å². The van der Waals surface area contributed by atoms with Gasteiger partial charge in [-0.1, -0.05) is 13.8 Å². The Morgan fingerprint density at radius 3 is 1.59 bits per heavy atom. The van der Waals surface area contributed by atoms with Crippen molar-refractivity contribution in [2.75, 3.05) is 20.7 Å². The van der Waals surface area contributed by atoms with Gasteiger partial charge in [-0.25, -0.2) is 0 Å².